The van der Waals surface area contributed by atoms with Crippen LogP contribution in [0.2, 0.25) is 0 Å². The molecule has 0 aromatic heterocycles. The second-order valence-corrected chi connectivity index (χ2v) is 5.60. The molecule has 0 saturated heterocycles. The Morgan fingerprint density at radius 3 is 2.14 bits per heavy atom. The number of rotatable bonds is 8. The van der Waals surface area contributed by atoms with Crippen molar-refractivity contribution in [3.05, 3.63) is 71.8 Å². The molecule has 0 spiro atoms. The van der Waals surface area contributed by atoms with Crippen LogP contribution in [0.25, 0.3) is 0 Å². The lowest BCUT2D eigenvalue weighted by Crippen LogP contribution is -2.08. The predicted molar refractivity (Wildman–Crippen MR) is 88.7 cm³/mol. The molecule has 0 aliphatic carbocycles. The summed E-state index contributed by atoms with van der Waals surface area (Å²) >= 11 is 0. The van der Waals surface area contributed by atoms with E-state index in [2.05, 4.69) is 31.2 Å². The molecule has 0 aliphatic rings. The van der Waals surface area contributed by atoms with Gasteiger partial charge in [0.25, 0.3) is 0 Å². The van der Waals surface area contributed by atoms with Crippen LogP contribution in [0.5, 0.6) is 0 Å². The molecule has 0 bridgehead atoms. The van der Waals surface area contributed by atoms with Crippen molar-refractivity contribution in [1.29, 1.82) is 0 Å². The van der Waals surface area contributed by atoms with E-state index >= 15 is 0 Å². The van der Waals surface area contributed by atoms with Gasteiger partial charge in [-0.2, -0.15) is 0 Å². The van der Waals surface area contributed by atoms with Gasteiger partial charge in [0.1, 0.15) is 0 Å². The lowest BCUT2D eigenvalue weighted by molar-refractivity contribution is 0.0972. The van der Waals surface area contributed by atoms with Crippen molar-refractivity contribution in [2.75, 3.05) is 0 Å². The Labute approximate surface area is 128 Å². The van der Waals surface area contributed by atoms with Gasteiger partial charge in [-0.3, -0.25) is 4.79 Å². The average Bonchev–Trinajstić information content (AvgIpc) is 2.55. The summed E-state index contributed by atoms with van der Waals surface area (Å²) in [5.41, 5.74) is 2.12. The van der Waals surface area contributed by atoms with Crippen LogP contribution in [0.15, 0.2) is 60.7 Å². The first-order valence-electron chi connectivity index (χ1n) is 7.94. The van der Waals surface area contributed by atoms with Gasteiger partial charge in [-0.15, -0.1) is 0 Å². The number of hydrogen-bond acceptors (Lipinski definition) is 1. The molecule has 0 heterocycles. The summed E-state index contributed by atoms with van der Waals surface area (Å²) in [6.07, 6.45) is 5.35. The summed E-state index contributed by atoms with van der Waals surface area (Å²) in [6.45, 7) is 2.21. The lowest BCUT2D eigenvalue weighted by Gasteiger charge is -2.16. The van der Waals surface area contributed by atoms with Crippen LogP contribution in [0.4, 0.5) is 0 Å². The molecule has 0 radical (unpaired) electrons. The molecule has 21 heavy (non-hydrogen) atoms. The van der Waals surface area contributed by atoms with E-state index in [1.807, 2.05) is 36.4 Å². The summed E-state index contributed by atoms with van der Waals surface area (Å²) in [4.78, 5) is 12.5. The predicted octanol–water partition coefficient (Wildman–Crippen LogP) is 5.62. The fraction of sp³-hybridized carbons (Fsp3) is 0.350. The molecule has 1 nitrogen and oxygen atoms in total. The summed E-state index contributed by atoms with van der Waals surface area (Å²) in [7, 11) is 0. The van der Waals surface area contributed by atoms with Crippen molar-refractivity contribution >= 4 is 5.78 Å². The molecule has 2 aromatic carbocycles. The van der Waals surface area contributed by atoms with E-state index < -0.39 is 0 Å². The maximum atomic E-state index is 12.5. The van der Waals surface area contributed by atoms with Crippen molar-refractivity contribution in [2.24, 2.45) is 0 Å². The molecule has 0 N–H and O–H groups in total. The molecule has 0 amide bonds. The van der Waals surface area contributed by atoms with Crippen LogP contribution >= 0.6 is 0 Å². The summed E-state index contributed by atoms with van der Waals surface area (Å²) in [5, 5.41) is 0. The molecule has 1 unspecified atom stereocenters. The van der Waals surface area contributed by atoms with Crippen molar-refractivity contribution in [3.63, 3.8) is 0 Å². The Morgan fingerprint density at radius 2 is 1.52 bits per heavy atom. The minimum Gasteiger partial charge on any atom is -0.294 e. The molecule has 1 atom stereocenters. The largest absolute Gasteiger partial charge is 0.294 e. The molecular weight excluding hydrogens is 256 g/mol. The van der Waals surface area contributed by atoms with Crippen LogP contribution < -0.4 is 0 Å². The zero-order valence-corrected chi connectivity index (χ0v) is 12.8. The molecule has 0 fully saturated rings. The minimum absolute atomic E-state index is 0.251. The van der Waals surface area contributed by atoms with Crippen molar-refractivity contribution in [3.8, 4) is 0 Å². The van der Waals surface area contributed by atoms with E-state index in [9.17, 15) is 4.79 Å². The van der Waals surface area contributed by atoms with Gasteiger partial charge in [-0.25, -0.2) is 0 Å². The highest BCUT2D eigenvalue weighted by Crippen LogP contribution is 2.27. The Balaban J connectivity index is 2.07. The third-order valence-corrected chi connectivity index (χ3v) is 3.95. The zero-order valence-electron chi connectivity index (χ0n) is 12.8. The SMILES string of the molecule is CCCCCC(CC(=O)c1ccccc1)c1ccccc1. The molecule has 110 valence electrons. The van der Waals surface area contributed by atoms with E-state index in [0.717, 1.165) is 12.0 Å². The van der Waals surface area contributed by atoms with E-state index in [4.69, 9.17) is 0 Å². The molecule has 0 saturated carbocycles. The first kappa shape index (κ1) is 15.5. The maximum Gasteiger partial charge on any atom is 0.163 e. The van der Waals surface area contributed by atoms with Crippen LogP contribution in [-0.2, 0) is 0 Å². The normalized spacial score (nSPS) is 12.0. The summed E-state index contributed by atoms with van der Waals surface area (Å²) in [6, 6.07) is 20.1. The number of carbonyl (C=O) groups excluding carboxylic acids is 1. The van der Waals surface area contributed by atoms with Crippen molar-refractivity contribution < 1.29 is 4.79 Å². The number of carbonyl (C=O) groups is 1. The molecule has 0 aliphatic heterocycles. The molecule has 2 aromatic rings. The van der Waals surface area contributed by atoms with Gasteiger partial charge in [-0.1, -0.05) is 86.8 Å². The van der Waals surface area contributed by atoms with Crippen LogP contribution in [-0.4, -0.2) is 5.78 Å². The highest BCUT2D eigenvalue weighted by Gasteiger charge is 2.16. The van der Waals surface area contributed by atoms with Gasteiger partial charge in [0, 0.05) is 12.0 Å². The van der Waals surface area contributed by atoms with Gasteiger partial charge in [0.05, 0.1) is 0 Å². The summed E-state index contributed by atoms with van der Waals surface area (Å²) < 4.78 is 0. The summed E-state index contributed by atoms with van der Waals surface area (Å²) in [5.74, 6) is 0.589. The number of hydrogen-bond donors (Lipinski definition) is 0. The second kappa shape index (κ2) is 8.41. The van der Waals surface area contributed by atoms with Gasteiger partial charge in [0.2, 0.25) is 0 Å². The highest BCUT2D eigenvalue weighted by atomic mass is 16.1. The topological polar surface area (TPSA) is 17.1 Å². The lowest BCUT2D eigenvalue weighted by atomic mass is 9.87. The van der Waals surface area contributed by atoms with E-state index in [1.165, 1.54) is 24.8 Å². The fourth-order valence-corrected chi connectivity index (χ4v) is 2.72. The first-order chi connectivity index (χ1) is 10.3. The molecule has 2 rings (SSSR count). The standard InChI is InChI=1S/C20H24O/c1-2-3-6-15-19(17-11-7-4-8-12-17)16-20(21)18-13-9-5-10-14-18/h4-5,7-14,19H,2-3,6,15-16H2,1H3. The molecule has 1 heteroatoms. The second-order valence-electron chi connectivity index (χ2n) is 5.60. The maximum absolute atomic E-state index is 12.5. The Kier molecular flexibility index (Phi) is 6.21. The number of Topliss-reactive ketones (excluding diaryl/α,β-unsaturated/α-hetero) is 1. The molecular formula is C20H24O. The van der Waals surface area contributed by atoms with Crippen LogP contribution in [0.1, 0.15) is 60.9 Å². The van der Waals surface area contributed by atoms with Gasteiger partial charge < -0.3 is 0 Å². The van der Waals surface area contributed by atoms with E-state index in [0.29, 0.717) is 12.3 Å². The Bertz CT molecular complexity index is 530. The number of benzene rings is 2. The average molecular weight is 280 g/mol. The Morgan fingerprint density at radius 1 is 0.905 bits per heavy atom. The quantitative estimate of drug-likeness (QED) is 0.453. The number of ketones is 1. The third-order valence-electron chi connectivity index (χ3n) is 3.95. The Hall–Kier alpha value is -1.89. The minimum atomic E-state index is 0.251. The van der Waals surface area contributed by atoms with Crippen LogP contribution in [0, 0.1) is 0 Å². The number of unbranched alkanes of at least 4 members (excludes halogenated alkanes) is 2. The van der Waals surface area contributed by atoms with Crippen molar-refractivity contribution in [1.82, 2.24) is 0 Å². The zero-order chi connectivity index (χ0) is 14.9. The van der Waals surface area contributed by atoms with Gasteiger partial charge in [-0.05, 0) is 17.9 Å². The third kappa shape index (κ3) is 4.86. The fourth-order valence-electron chi connectivity index (χ4n) is 2.72. The van der Waals surface area contributed by atoms with Crippen molar-refractivity contribution in [2.45, 2.75) is 44.9 Å². The highest BCUT2D eigenvalue weighted by molar-refractivity contribution is 5.96. The first-order valence-corrected chi connectivity index (χ1v) is 7.94. The van der Waals surface area contributed by atoms with E-state index in [1.54, 1.807) is 0 Å². The van der Waals surface area contributed by atoms with Gasteiger partial charge >= 0.3 is 0 Å². The monoisotopic (exact) mass is 280 g/mol. The van der Waals surface area contributed by atoms with Gasteiger partial charge in [0.15, 0.2) is 5.78 Å². The van der Waals surface area contributed by atoms with Crippen LogP contribution in [0.3, 0.4) is 0 Å². The van der Waals surface area contributed by atoms with E-state index in [-0.39, 0.29) is 5.78 Å². The smallest absolute Gasteiger partial charge is 0.163 e.